The van der Waals surface area contributed by atoms with Gasteiger partial charge >= 0.3 is 0 Å². The molecule has 4 atom stereocenters. The number of benzene rings is 1. The van der Waals surface area contributed by atoms with Crippen molar-refractivity contribution in [2.45, 2.75) is 38.5 Å². The lowest BCUT2D eigenvalue weighted by Gasteiger charge is -2.38. The summed E-state index contributed by atoms with van der Waals surface area (Å²) in [6.45, 7) is 0. The Bertz CT molecular complexity index is 749. The molecule has 1 aromatic carbocycles. The molecule has 0 spiro atoms. The van der Waals surface area contributed by atoms with Crippen LogP contribution in [-0.2, 0) is 22.4 Å². The van der Waals surface area contributed by atoms with Gasteiger partial charge in [0.1, 0.15) is 5.75 Å². The molecule has 4 nitrogen and oxygen atoms in total. The minimum atomic E-state index is -0.225. The van der Waals surface area contributed by atoms with Crippen molar-refractivity contribution in [2.24, 2.45) is 23.7 Å². The Morgan fingerprint density at radius 2 is 1.42 bits per heavy atom. The molecule has 1 aliphatic heterocycles. The molecule has 2 bridgehead atoms. The van der Waals surface area contributed by atoms with Crippen molar-refractivity contribution in [1.82, 2.24) is 0 Å². The number of allylic oxidation sites excluding steroid dienone is 2. The number of carbonyl (C=O) groups excluding carboxylic acids is 2. The van der Waals surface area contributed by atoms with E-state index >= 15 is 0 Å². The Kier molecular flexibility index (Phi) is 2.94. The molecular weight excluding hydrogens is 302 g/mol. The maximum absolute atomic E-state index is 13.0. The van der Waals surface area contributed by atoms with Crippen LogP contribution in [0.1, 0.15) is 36.8 Å². The molecule has 4 heteroatoms. The molecule has 2 fully saturated rings. The highest BCUT2D eigenvalue weighted by atomic mass is 16.3. The summed E-state index contributed by atoms with van der Waals surface area (Å²) < 4.78 is 0. The minimum absolute atomic E-state index is 0.0660. The van der Waals surface area contributed by atoms with E-state index in [-0.39, 0.29) is 41.2 Å². The van der Waals surface area contributed by atoms with Crippen LogP contribution in [0.2, 0.25) is 0 Å². The van der Waals surface area contributed by atoms with Gasteiger partial charge in [-0.05, 0) is 73.6 Å². The largest absolute Gasteiger partial charge is 0.506 e. The number of nitrogens with zero attached hydrogens (tertiary/aromatic N) is 1. The minimum Gasteiger partial charge on any atom is -0.506 e. The summed E-state index contributed by atoms with van der Waals surface area (Å²) in [6, 6.07) is 3.64. The van der Waals surface area contributed by atoms with E-state index in [1.807, 2.05) is 6.07 Å². The van der Waals surface area contributed by atoms with Gasteiger partial charge in [0.2, 0.25) is 11.8 Å². The molecule has 5 aliphatic rings. The first-order valence-electron chi connectivity index (χ1n) is 9.06. The molecule has 1 saturated carbocycles. The first kappa shape index (κ1) is 14.3. The summed E-state index contributed by atoms with van der Waals surface area (Å²) in [5.41, 5.74) is 2.73. The van der Waals surface area contributed by atoms with E-state index in [9.17, 15) is 14.7 Å². The maximum atomic E-state index is 13.0. The molecule has 124 valence electrons. The summed E-state index contributed by atoms with van der Waals surface area (Å²) in [5, 5.41) is 10.5. The SMILES string of the molecule is O=C1C2C3C=CC(CC3)C2C(=O)N1c1cc2c(cc1O)CCCC2. The van der Waals surface area contributed by atoms with E-state index in [0.717, 1.165) is 44.1 Å². The predicted molar refractivity (Wildman–Crippen MR) is 89.6 cm³/mol. The monoisotopic (exact) mass is 323 g/mol. The smallest absolute Gasteiger partial charge is 0.238 e. The molecule has 4 aliphatic carbocycles. The van der Waals surface area contributed by atoms with Gasteiger partial charge < -0.3 is 5.11 Å². The van der Waals surface area contributed by atoms with Gasteiger partial charge in [-0.1, -0.05) is 12.2 Å². The summed E-state index contributed by atoms with van der Waals surface area (Å²) in [5.74, 6) is -0.252. The van der Waals surface area contributed by atoms with Gasteiger partial charge in [-0.15, -0.1) is 0 Å². The first-order valence-corrected chi connectivity index (χ1v) is 9.06. The third kappa shape index (κ3) is 1.80. The zero-order chi connectivity index (χ0) is 16.4. The predicted octanol–water partition coefficient (Wildman–Crippen LogP) is 2.97. The lowest BCUT2D eigenvalue weighted by molar-refractivity contribution is -0.124. The van der Waals surface area contributed by atoms with Gasteiger partial charge in [0.15, 0.2) is 0 Å². The van der Waals surface area contributed by atoms with Crippen LogP contribution in [0.3, 0.4) is 0 Å². The zero-order valence-corrected chi connectivity index (χ0v) is 13.6. The topological polar surface area (TPSA) is 57.6 Å². The van der Waals surface area contributed by atoms with E-state index in [1.54, 1.807) is 6.07 Å². The van der Waals surface area contributed by atoms with Crippen molar-refractivity contribution in [1.29, 1.82) is 0 Å². The summed E-state index contributed by atoms with van der Waals surface area (Å²) >= 11 is 0. The molecule has 24 heavy (non-hydrogen) atoms. The second kappa shape index (κ2) is 4.95. The highest BCUT2D eigenvalue weighted by Gasteiger charge is 2.57. The number of aryl methyl sites for hydroxylation is 2. The summed E-state index contributed by atoms with van der Waals surface area (Å²) in [7, 11) is 0. The lowest BCUT2D eigenvalue weighted by Crippen LogP contribution is -2.38. The first-order chi connectivity index (χ1) is 11.6. The van der Waals surface area contributed by atoms with Crippen LogP contribution in [-0.4, -0.2) is 16.9 Å². The summed E-state index contributed by atoms with van der Waals surface area (Å²) in [6.07, 6.45) is 10.4. The molecule has 1 saturated heterocycles. The number of phenolic OH excluding ortho intramolecular Hbond substituents is 1. The average molecular weight is 323 g/mol. The van der Waals surface area contributed by atoms with Crippen LogP contribution < -0.4 is 4.90 Å². The highest BCUT2D eigenvalue weighted by Crippen LogP contribution is 2.51. The Morgan fingerprint density at radius 3 is 1.96 bits per heavy atom. The number of phenols is 1. The number of imide groups is 1. The summed E-state index contributed by atoms with van der Waals surface area (Å²) in [4.78, 5) is 27.3. The van der Waals surface area contributed by atoms with Crippen LogP contribution in [0, 0.1) is 23.7 Å². The van der Waals surface area contributed by atoms with Crippen LogP contribution in [0.4, 0.5) is 5.69 Å². The number of hydrogen-bond acceptors (Lipinski definition) is 3. The van der Waals surface area contributed by atoms with Gasteiger partial charge in [-0.25, -0.2) is 4.90 Å². The quantitative estimate of drug-likeness (QED) is 0.638. The van der Waals surface area contributed by atoms with E-state index in [2.05, 4.69) is 12.2 Å². The molecule has 6 rings (SSSR count). The molecule has 0 aromatic heterocycles. The number of aromatic hydroxyl groups is 1. The number of anilines is 1. The number of hydrogen-bond donors (Lipinski definition) is 1. The Hall–Kier alpha value is -2.10. The maximum Gasteiger partial charge on any atom is 0.238 e. The molecule has 0 radical (unpaired) electrons. The van der Waals surface area contributed by atoms with Gasteiger partial charge in [0, 0.05) is 0 Å². The number of fused-ring (bicyclic) bond motifs is 2. The van der Waals surface area contributed by atoms with Crippen LogP contribution >= 0.6 is 0 Å². The Morgan fingerprint density at radius 1 is 0.875 bits per heavy atom. The van der Waals surface area contributed by atoms with Crippen molar-refractivity contribution in [3.8, 4) is 5.75 Å². The fourth-order valence-electron chi connectivity index (χ4n) is 5.25. The molecule has 4 unspecified atom stereocenters. The van der Waals surface area contributed by atoms with Crippen LogP contribution in [0.15, 0.2) is 24.3 Å². The fraction of sp³-hybridized carbons (Fsp3) is 0.500. The van der Waals surface area contributed by atoms with Crippen molar-refractivity contribution in [3.63, 3.8) is 0 Å². The van der Waals surface area contributed by atoms with Crippen molar-refractivity contribution in [2.75, 3.05) is 4.90 Å². The molecule has 1 aromatic rings. The Labute approximate surface area is 141 Å². The number of rotatable bonds is 1. The lowest BCUT2D eigenvalue weighted by atomic mass is 9.63. The Balaban J connectivity index is 1.58. The van der Waals surface area contributed by atoms with Gasteiger partial charge in [-0.3, -0.25) is 9.59 Å². The number of amides is 2. The van der Waals surface area contributed by atoms with Crippen molar-refractivity contribution in [3.05, 3.63) is 35.4 Å². The van der Waals surface area contributed by atoms with E-state index in [0.29, 0.717) is 5.69 Å². The highest BCUT2D eigenvalue weighted by molar-refractivity contribution is 6.23. The number of carbonyl (C=O) groups is 2. The van der Waals surface area contributed by atoms with E-state index in [4.69, 9.17) is 0 Å². The van der Waals surface area contributed by atoms with Gasteiger partial charge in [0.25, 0.3) is 0 Å². The van der Waals surface area contributed by atoms with E-state index < -0.39 is 0 Å². The van der Waals surface area contributed by atoms with Crippen molar-refractivity contribution >= 4 is 17.5 Å². The zero-order valence-electron chi connectivity index (χ0n) is 13.6. The second-order valence-corrected chi connectivity index (χ2v) is 7.67. The second-order valence-electron chi connectivity index (χ2n) is 7.67. The van der Waals surface area contributed by atoms with Crippen molar-refractivity contribution < 1.29 is 14.7 Å². The van der Waals surface area contributed by atoms with Gasteiger partial charge in [0.05, 0.1) is 17.5 Å². The van der Waals surface area contributed by atoms with E-state index in [1.165, 1.54) is 10.5 Å². The normalized spacial score (nSPS) is 33.8. The third-order valence-corrected chi connectivity index (χ3v) is 6.44. The van der Waals surface area contributed by atoms with Crippen LogP contribution in [0.5, 0.6) is 5.75 Å². The van der Waals surface area contributed by atoms with Crippen LogP contribution in [0.25, 0.3) is 0 Å². The standard InChI is InChI=1S/C20H21NO3/c22-16-10-14-4-2-1-3-13(14)9-15(16)21-19(23)17-11-5-6-12(8-7-11)18(17)20(21)24/h5-6,9-12,17-18,22H,1-4,7-8H2. The molecule has 1 heterocycles. The fourth-order valence-corrected chi connectivity index (χ4v) is 5.25. The molecular formula is C20H21NO3. The third-order valence-electron chi connectivity index (χ3n) is 6.44. The molecule has 2 amide bonds. The average Bonchev–Trinajstić information content (AvgIpc) is 2.89. The molecule has 1 N–H and O–H groups in total. The van der Waals surface area contributed by atoms with Gasteiger partial charge in [-0.2, -0.15) is 0 Å².